The average Bonchev–Trinajstić information content (AvgIpc) is 2.80. The number of aromatic nitrogens is 1. The maximum absolute atomic E-state index is 12.2. The Morgan fingerprint density at radius 1 is 1.24 bits per heavy atom. The van der Waals surface area contributed by atoms with Gasteiger partial charge in [-0.3, -0.25) is 4.79 Å². The van der Waals surface area contributed by atoms with E-state index < -0.39 is 0 Å². The number of ether oxygens (including phenoxy) is 1. The highest BCUT2D eigenvalue weighted by molar-refractivity contribution is 5.73. The second kappa shape index (κ2) is 14.1. The minimum Gasteiger partial charge on any atom is -0.479 e. The molecule has 1 aliphatic rings. The lowest BCUT2D eigenvalue weighted by molar-refractivity contribution is -0.132. The van der Waals surface area contributed by atoms with E-state index in [4.69, 9.17) is 4.74 Å². The number of pyridine rings is 1. The topological polar surface area (TPSA) is 77.9 Å². The van der Waals surface area contributed by atoms with E-state index in [0.29, 0.717) is 18.4 Å². The Morgan fingerprint density at radius 3 is 2.52 bits per heavy atom. The summed E-state index contributed by atoms with van der Waals surface area (Å²) in [5.41, 5.74) is 0.865. The third-order valence-electron chi connectivity index (χ3n) is 6.48. The summed E-state index contributed by atoms with van der Waals surface area (Å²) in [4.78, 5) is 21.1. The van der Waals surface area contributed by atoms with Crippen molar-refractivity contribution in [3.8, 4) is 0 Å². The summed E-state index contributed by atoms with van der Waals surface area (Å²) in [7, 11) is 0. The summed E-state index contributed by atoms with van der Waals surface area (Å²) >= 11 is 0. The third-order valence-corrected chi connectivity index (χ3v) is 6.48. The van der Waals surface area contributed by atoms with E-state index in [1.807, 2.05) is 23.2 Å². The number of anilines is 2. The van der Waals surface area contributed by atoms with Gasteiger partial charge in [-0.15, -0.1) is 0 Å². The molecule has 1 saturated carbocycles. The number of aliphatic hydroxyl groups excluding tert-OH is 1. The van der Waals surface area contributed by atoms with Crippen LogP contribution in [0.4, 0.5) is 11.5 Å². The van der Waals surface area contributed by atoms with Crippen molar-refractivity contribution >= 4 is 17.4 Å². The van der Waals surface area contributed by atoms with Crippen LogP contribution in [0.2, 0.25) is 0 Å². The van der Waals surface area contributed by atoms with Gasteiger partial charge in [0.1, 0.15) is 5.82 Å². The van der Waals surface area contributed by atoms with Crippen LogP contribution >= 0.6 is 0 Å². The van der Waals surface area contributed by atoms with Crippen LogP contribution in [0.25, 0.3) is 0 Å². The molecule has 1 heterocycles. The van der Waals surface area contributed by atoms with Gasteiger partial charge in [0, 0.05) is 32.6 Å². The third kappa shape index (κ3) is 9.24. The summed E-state index contributed by atoms with van der Waals surface area (Å²) in [5.74, 6) is 2.16. The van der Waals surface area contributed by atoms with Crippen molar-refractivity contribution < 1.29 is 14.6 Å². The maximum atomic E-state index is 12.2. The molecular formula is C26H44N4O3. The number of carbonyl (C=O) groups is 1. The van der Waals surface area contributed by atoms with Crippen molar-refractivity contribution in [1.29, 1.82) is 0 Å². The molecule has 0 aromatic carbocycles. The summed E-state index contributed by atoms with van der Waals surface area (Å²) in [6.07, 6.45) is 8.03. The van der Waals surface area contributed by atoms with Gasteiger partial charge in [0.2, 0.25) is 5.91 Å². The molecule has 186 valence electrons. The van der Waals surface area contributed by atoms with Gasteiger partial charge in [0.25, 0.3) is 0 Å². The second-order valence-electron chi connectivity index (χ2n) is 9.24. The molecule has 7 nitrogen and oxygen atoms in total. The zero-order chi connectivity index (χ0) is 24.2. The molecule has 1 atom stereocenters. The van der Waals surface area contributed by atoms with Crippen LogP contribution in [0, 0.1) is 5.92 Å². The average molecular weight is 461 g/mol. The lowest BCUT2D eigenvalue weighted by Gasteiger charge is -2.36. The first-order valence-electron chi connectivity index (χ1n) is 12.6. The molecule has 2 N–H and O–H groups in total. The number of nitrogens with one attached hydrogen (secondary N) is 1. The van der Waals surface area contributed by atoms with Crippen LogP contribution < -0.4 is 10.2 Å². The number of hydrogen-bond donors (Lipinski definition) is 2. The standard InChI is InChI=1S/C26H44N4O3/c1-6-18-33-21(4)28-23-8-13-26(27-19-23)29(7-2)16-14-20(3)15-17-30(22(5)31)24-9-11-25(32)12-10-24/h8,13,19-20,24-25,28,32H,4,6-7,9-12,14-18H2,1-3,5H3. The molecular weight excluding hydrogens is 416 g/mol. The molecule has 33 heavy (non-hydrogen) atoms. The van der Waals surface area contributed by atoms with Crippen molar-refractivity contribution in [2.24, 2.45) is 5.92 Å². The second-order valence-corrected chi connectivity index (χ2v) is 9.24. The van der Waals surface area contributed by atoms with Gasteiger partial charge >= 0.3 is 0 Å². The first kappa shape index (κ1) is 27.0. The summed E-state index contributed by atoms with van der Waals surface area (Å²) in [6.45, 7) is 15.3. The fourth-order valence-electron chi connectivity index (χ4n) is 4.35. The molecule has 1 aromatic rings. The predicted octanol–water partition coefficient (Wildman–Crippen LogP) is 4.79. The number of nitrogens with zero attached hydrogens (tertiary/aromatic N) is 3. The van der Waals surface area contributed by atoms with E-state index in [-0.39, 0.29) is 18.1 Å². The summed E-state index contributed by atoms with van der Waals surface area (Å²) in [6, 6.07) is 4.31. The largest absolute Gasteiger partial charge is 0.479 e. The molecule has 0 saturated heterocycles. The fraction of sp³-hybridized carbons (Fsp3) is 0.692. The molecule has 2 rings (SSSR count). The zero-order valence-electron chi connectivity index (χ0n) is 21.1. The van der Waals surface area contributed by atoms with Crippen LogP contribution in [0.1, 0.15) is 72.6 Å². The highest BCUT2D eigenvalue weighted by Crippen LogP contribution is 2.24. The molecule has 0 spiro atoms. The smallest absolute Gasteiger partial charge is 0.219 e. The van der Waals surface area contributed by atoms with E-state index in [1.54, 1.807) is 6.92 Å². The van der Waals surface area contributed by atoms with Crippen molar-refractivity contribution in [2.45, 2.75) is 84.8 Å². The minimum atomic E-state index is -0.194. The van der Waals surface area contributed by atoms with Crippen molar-refractivity contribution in [1.82, 2.24) is 9.88 Å². The molecule has 0 aliphatic heterocycles. The first-order valence-corrected chi connectivity index (χ1v) is 12.6. The van der Waals surface area contributed by atoms with Gasteiger partial charge in [-0.2, -0.15) is 0 Å². The molecule has 0 bridgehead atoms. The first-order chi connectivity index (χ1) is 15.8. The number of aliphatic hydroxyl groups is 1. The Morgan fingerprint density at radius 2 is 1.94 bits per heavy atom. The normalized spacial score (nSPS) is 18.9. The molecule has 7 heteroatoms. The van der Waals surface area contributed by atoms with Crippen LogP contribution in [-0.2, 0) is 9.53 Å². The van der Waals surface area contributed by atoms with Gasteiger partial charge in [-0.1, -0.05) is 13.8 Å². The summed E-state index contributed by atoms with van der Waals surface area (Å²) < 4.78 is 5.48. The molecule has 1 amide bonds. The van der Waals surface area contributed by atoms with Gasteiger partial charge in [0.05, 0.1) is 24.6 Å². The van der Waals surface area contributed by atoms with E-state index >= 15 is 0 Å². The Kier molecular flexibility index (Phi) is 11.5. The molecule has 1 aromatic heterocycles. The van der Waals surface area contributed by atoms with Crippen LogP contribution in [0.3, 0.4) is 0 Å². The van der Waals surface area contributed by atoms with Crippen LogP contribution in [0.5, 0.6) is 0 Å². The van der Waals surface area contributed by atoms with E-state index in [9.17, 15) is 9.90 Å². The fourth-order valence-corrected chi connectivity index (χ4v) is 4.35. The maximum Gasteiger partial charge on any atom is 0.219 e. The van der Waals surface area contributed by atoms with E-state index in [2.05, 4.69) is 42.6 Å². The molecule has 1 aliphatic carbocycles. The lowest BCUT2D eigenvalue weighted by Crippen LogP contribution is -2.43. The molecule has 1 unspecified atom stereocenters. The number of amides is 1. The Labute approximate surface area is 200 Å². The summed E-state index contributed by atoms with van der Waals surface area (Å²) in [5, 5.41) is 12.9. The Hall–Kier alpha value is -2.28. The van der Waals surface area contributed by atoms with Crippen LogP contribution in [0.15, 0.2) is 30.8 Å². The highest BCUT2D eigenvalue weighted by Gasteiger charge is 2.26. The van der Waals surface area contributed by atoms with Gasteiger partial charge in [0.15, 0.2) is 5.88 Å². The number of hydrogen-bond acceptors (Lipinski definition) is 6. The number of carbonyl (C=O) groups excluding carboxylic acids is 1. The van der Waals surface area contributed by atoms with Crippen molar-refractivity contribution in [2.75, 3.05) is 36.5 Å². The minimum absolute atomic E-state index is 0.152. The van der Waals surface area contributed by atoms with E-state index in [1.165, 1.54) is 0 Å². The lowest BCUT2D eigenvalue weighted by atomic mass is 9.91. The van der Waals surface area contributed by atoms with Crippen molar-refractivity contribution in [3.05, 3.63) is 30.8 Å². The highest BCUT2D eigenvalue weighted by atomic mass is 16.5. The van der Waals surface area contributed by atoms with Crippen molar-refractivity contribution in [3.63, 3.8) is 0 Å². The predicted molar refractivity (Wildman–Crippen MR) is 135 cm³/mol. The Bertz CT molecular complexity index is 717. The van der Waals surface area contributed by atoms with Crippen LogP contribution in [-0.4, -0.2) is 59.3 Å². The molecule has 0 radical (unpaired) electrons. The van der Waals surface area contributed by atoms with Gasteiger partial charge in [-0.05, 0) is 76.5 Å². The SMILES string of the molecule is C=C(Nc1ccc(N(CC)CCC(C)CCN(C(C)=O)C2CCC(O)CC2)nc1)OCCC. The van der Waals surface area contributed by atoms with Gasteiger partial charge in [-0.25, -0.2) is 4.98 Å². The quantitative estimate of drug-likeness (QED) is 0.389. The number of rotatable bonds is 14. The zero-order valence-corrected chi connectivity index (χ0v) is 21.1. The molecule has 1 fully saturated rings. The van der Waals surface area contributed by atoms with E-state index in [0.717, 1.165) is 76.1 Å². The monoisotopic (exact) mass is 460 g/mol. The Balaban J connectivity index is 1.80. The van der Waals surface area contributed by atoms with Gasteiger partial charge < -0.3 is 25.0 Å².